The molecule has 3 aromatic rings. The number of aryl methyl sites for hydroxylation is 1. The number of carbonyl (C=O) groups is 1. The summed E-state index contributed by atoms with van der Waals surface area (Å²) >= 11 is 3.49. The highest BCUT2D eigenvalue weighted by Gasteiger charge is 2.32. The smallest absolute Gasteiger partial charge is 0.307 e. The van der Waals surface area contributed by atoms with Gasteiger partial charge in [-0.25, -0.2) is 13.4 Å². The molecule has 10 heteroatoms. The van der Waals surface area contributed by atoms with Gasteiger partial charge in [0.25, 0.3) is 0 Å². The fourth-order valence-electron chi connectivity index (χ4n) is 4.90. The van der Waals surface area contributed by atoms with Gasteiger partial charge in [0.1, 0.15) is 4.90 Å². The van der Waals surface area contributed by atoms with Gasteiger partial charge < -0.3 is 15.3 Å². The van der Waals surface area contributed by atoms with Crippen LogP contribution in [0.3, 0.4) is 0 Å². The van der Waals surface area contributed by atoms with Crippen LogP contribution in [0.5, 0.6) is 0 Å². The topological polar surface area (TPSA) is 112 Å². The third-order valence-corrected chi connectivity index (χ3v) is 9.16. The molecule has 36 heavy (non-hydrogen) atoms. The lowest BCUT2D eigenvalue weighted by Gasteiger charge is -2.33. The summed E-state index contributed by atoms with van der Waals surface area (Å²) < 4.78 is 27.0. The van der Waals surface area contributed by atoms with E-state index >= 15 is 0 Å². The molecule has 0 spiro atoms. The molecule has 8 nitrogen and oxygen atoms in total. The summed E-state index contributed by atoms with van der Waals surface area (Å²) in [5, 5.41) is 12.2. The lowest BCUT2D eigenvalue weighted by Crippen LogP contribution is -2.35. The van der Waals surface area contributed by atoms with Crippen LogP contribution >= 0.6 is 15.9 Å². The molecule has 3 heterocycles. The number of piperidine rings is 1. The van der Waals surface area contributed by atoms with E-state index in [4.69, 9.17) is 15.1 Å². The number of nitrogens with one attached hydrogen (secondary N) is 1. The fraction of sp³-hybridized carbons (Fsp3) is 0.346. The van der Waals surface area contributed by atoms with E-state index in [-0.39, 0.29) is 22.9 Å². The van der Waals surface area contributed by atoms with Crippen molar-refractivity contribution in [1.29, 1.82) is 0 Å². The van der Waals surface area contributed by atoms with E-state index in [1.807, 2.05) is 0 Å². The van der Waals surface area contributed by atoms with Crippen molar-refractivity contribution in [1.82, 2.24) is 9.97 Å². The summed E-state index contributed by atoms with van der Waals surface area (Å²) in [7, 11) is -3.50. The highest BCUT2D eigenvalue weighted by atomic mass is 79.9. The monoisotopic (exact) mass is 570 g/mol. The molecule has 0 saturated carbocycles. The maximum atomic E-state index is 13.0. The van der Waals surface area contributed by atoms with Gasteiger partial charge in [-0.3, -0.25) is 4.79 Å². The van der Waals surface area contributed by atoms with Crippen molar-refractivity contribution in [3.8, 4) is 0 Å². The van der Waals surface area contributed by atoms with Crippen LogP contribution in [0.25, 0.3) is 0 Å². The Bertz CT molecular complexity index is 1370. The standard InChI is InChI=1S/C26H27BrN4O4S/c27-20-7-5-18(6-8-20)19-11-13-31(14-12-19)26-29-22-2-1-15-36(34,35)24(22)25(30-26)28-21-9-3-17(4-10-21)16-23(32)33/h3-10,19H,1-2,11-16H2,(H,32,33)(H,28,29,30). The number of carboxylic acid groups (broad SMARTS) is 1. The average molecular weight is 571 g/mol. The van der Waals surface area contributed by atoms with Crippen molar-refractivity contribution in [2.24, 2.45) is 0 Å². The Labute approximate surface area is 218 Å². The predicted molar refractivity (Wildman–Crippen MR) is 142 cm³/mol. The number of aromatic nitrogens is 2. The van der Waals surface area contributed by atoms with E-state index < -0.39 is 15.8 Å². The van der Waals surface area contributed by atoms with Gasteiger partial charge in [0.2, 0.25) is 5.95 Å². The van der Waals surface area contributed by atoms with Crippen molar-refractivity contribution in [2.75, 3.05) is 29.1 Å². The quantitative estimate of drug-likeness (QED) is 0.438. The molecule has 2 N–H and O–H groups in total. The molecule has 0 bridgehead atoms. The molecule has 1 aromatic heterocycles. The van der Waals surface area contributed by atoms with E-state index in [1.54, 1.807) is 24.3 Å². The number of halogens is 1. The zero-order chi connectivity index (χ0) is 25.3. The Morgan fingerprint density at radius 3 is 2.42 bits per heavy atom. The first-order valence-electron chi connectivity index (χ1n) is 12.0. The largest absolute Gasteiger partial charge is 0.481 e. The highest BCUT2D eigenvalue weighted by Crippen LogP contribution is 2.35. The van der Waals surface area contributed by atoms with Crippen molar-refractivity contribution in [3.05, 3.63) is 69.8 Å². The van der Waals surface area contributed by atoms with Gasteiger partial charge in [0, 0.05) is 23.2 Å². The van der Waals surface area contributed by atoms with Crippen molar-refractivity contribution >= 4 is 49.2 Å². The van der Waals surface area contributed by atoms with E-state index in [0.717, 1.165) is 30.4 Å². The number of hydrogen-bond donors (Lipinski definition) is 2. The number of anilines is 3. The molecular weight excluding hydrogens is 544 g/mol. The summed E-state index contributed by atoms with van der Waals surface area (Å²) in [6.45, 7) is 1.57. The van der Waals surface area contributed by atoms with Crippen LogP contribution in [0.4, 0.5) is 17.5 Å². The van der Waals surface area contributed by atoms with Crippen LogP contribution in [0.15, 0.2) is 57.9 Å². The Balaban J connectivity index is 1.41. The number of benzene rings is 2. The second kappa shape index (κ2) is 10.2. The van der Waals surface area contributed by atoms with Gasteiger partial charge in [0.15, 0.2) is 15.7 Å². The Kier molecular flexibility index (Phi) is 6.98. The molecule has 188 valence electrons. The third kappa shape index (κ3) is 5.39. The summed E-state index contributed by atoms with van der Waals surface area (Å²) in [5.74, 6) is 0.475. The Morgan fingerprint density at radius 2 is 1.75 bits per heavy atom. The zero-order valence-electron chi connectivity index (χ0n) is 19.7. The molecule has 5 rings (SSSR count). The van der Waals surface area contributed by atoms with Crippen LogP contribution < -0.4 is 10.2 Å². The van der Waals surface area contributed by atoms with Gasteiger partial charge in [-0.15, -0.1) is 0 Å². The predicted octanol–water partition coefficient (Wildman–Crippen LogP) is 4.71. The Hall–Kier alpha value is -2.98. The van der Waals surface area contributed by atoms with Gasteiger partial charge in [-0.2, -0.15) is 4.98 Å². The minimum atomic E-state index is -3.50. The lowest BCUT2D eigenvalue weighted by molar-refractivity contribution is -0.136. The fourth-order valence-corrected chi connectivity index (χ4v) is 6.79. The molecule has 2 aliphatic rings. The van der Waals surface area contributed by atoms with E-state index in [1.165, 1.54) is 5.56 Å². The van der Waals surface area contributed by atoms with E-state index in [0.29, 0.717) is 41.7 Å². The average Bonchev–Trinajstić information content (AvgIpc) is 2.85. The molecular formula is C26H27BrN4O4S. The number of nitrogens with zero attached hydrogens (tertiary/aromatic N) is 3. The summed E-state index contributed by atoms with van der Waals surface area (Å²) in [6, 6.07) is 15.4. The third-order valence-electron chi connectivity index (χ3n) is 6.75. The molecule has 2 aliphatic heterocycles. The second-order valence-electron chi connectivity index (χ2n) is 9.28. The van der Waals surface area contributed by atoms with Crippen LogP contribution in [-0.2, 0) is 27.5 Å². The molecule has 0 unspecified atom stereocenters. The van der Waals surface area contributed by atoms with Gasteiger partial charge in [-0.05, 0) is 67.0 Å². The molecule has 0 radical (unpaired) electrons. The molecule has 0 amide bonds. The van der Waals surface area contributed by atoms with Gasteiger partial charge in [-0.1, -0.05) is 40.2 Å². The second-order valence-corrected chi connectivity index (χ2v) is 12.2. The molecule has 2 aromatic carbocycles. The Morgan fingerprint density at radius 1 is 1.06 bits per heavy atom. The maximum absolute atomic E-state index is 13.0. The molecule has 1 fully saturated rings. The SMILES string of the molecule is O=C(O)Cc1ccc(Nc2nc(N3CCC(c4ccc(Br)cc4)CC3)nc3c2S(=O)(=O)CCC3)cc1. The summed E-state index contributed by atoms with van der Waals surface area (Å²) in [6.07, 6.45) is 2.99. The minimum Gasteiger partial charge on any atom is -0.481 e. The zero-order valence-corrected chi connectivity index (χ0v) is 22.1. The number of rotatable bonds is 6. The minimum absolute atomic E-state index is 0.0715. The number of sulfone groups is 1. The van der Waals surface area contributed by atoms with Gasteiger partial charge in [0.05, 0.1) is 17.9 Å². The first-order chi connectivity index (χ1) is 17.3. The van der Waals surface area contributed by atoms with Crippen molar-refractivity contribution in [2.45, 2.75) is 42.9 Å². The summed E-state index contributed by atoms with van der Waals surface area (Å²) in [4.78, 5) is 22.7. The van der Waals surface area contributed by atoms with E-state index in [9.17, 15) is 13.2 Å². The number of fused-ring (bicyclic) bond motifs is 1. The van der Waals surface area contributed by atoms with Gasteiger partial charge >= 0.3 is 5.97 Å². The van der Waals surface area contributed by atoms with E-state index in [2.05, 4.69) is 50.4 Å². The van der Waals surface area contributed by atoms with Crippen LogP contribution in [0.2, 0.25) is 0 Å². The summed E-state index contributed by atoms with van der Waals surface area (Å²) in [5.41, 5.74) is 3.20. The molecule has 0 aliphatic carbocycles. The highest BCUT2D eigenvalue weighted by molar-refractivity contribution is 9.10. The number of carboxylic acids is 1. The maximum Gasteiger partial charge on any atom is 0.307 e. The first kappa shape index (κ1) is 24.7. The lowest BCUT2D eigenvalue weighted by atomic mass is 9.90. The number of aliphatic carboxylic acids is 1. The van der Waals surface area contributed by atoms with Crippen LogP contribution in [-0.4, -0.2) is 48.3 Å². The van der Waals surface area contributed by atoms with Crippen LogP contribution in [0, 0.1) is 0 Å². The molecule has 1 saturated heterocycles. The first-order valence-corrected chi connectivity index (χ1v) is 14.4. The molecule has 0 atom stereocenters. The van der Waals surface area contributed by atoms with Crippen molar-refractivity contribution < 1.29 is 18.3 Å². The van der Waals surface area contributed by atoms with Crippen molar-refractivity contribution in [3.63, 3.8) is 0 Å². The van der Waals surface area contributed by atoms with Crippen LogP contribution in [0.1, 0.15) is 42.0 Å². The normalized spacial score (nSPS) is 17.4. The number of hydrogen-bond acceptors (Lipinski definition) is 7.